The molecule has 0 N–H and O–H groups in total. The lowest BCUT2D eigenvalue weighted by molar-refractivity contribution is -0.143. The fraction of sp³-hybridized carbons (Fsp3) is 0.387. The van der Waals surface area contributed by atoms with Crippen LogP contribution in [0.2, 0.25) is 0 Å². The van der Waals surface area contributed by atoms with Crippen LogP contribution in [-0.4, -0.2) is 25.5 Å². The van der Waals surface area contributed by atoms with Crippen LogP contribution >= 0.6 is 0 Å². The Hall–Kier alpha value is -3.38. The van der Waals surface area contributed by atoms with Gasteiger partial charge < -0.3 is 18.9 Å². The molecule has 1 fully saturated rings. The highest BCUT2D eigenvalue weighted by Gasteiger charge is 2.17. The number of rotatable bonds is 10. The van der Waals surface area contributed by atoms with Gasteiger partial charge in [-0.2, -0.15) is 0 Å². The van der Waals surface area contributed by atoms with E-state index >= 15 is 0 Å². The Kier molecular flexibility index (Phi) is 9.18. The van der Waals surface area contributed by atoms with E-state index in [9.17, 15) is 9.18 Å². The van der Waals surface area contributed by atoms with Crippen molar-refractivity contribution in [2.24, 2.45) is 0 Å². The van der Waals surface area contributed by atoms with E-state index in [2.05, 4.69) is 38.1 Å². The highest BCUT2D eigenvalue weighted by Crippen LogP contribution is 2.33. The van der Waals surface area contributed by atoms with Crippen LogP contribution in [-0.2, 0) is 27.3 Å². The number of aryl methyl sites for hydroxylation is 3. The summed E-state index contributed by atoms with van der Waals surface area (Å²) in [6.45, 7) is 7.32. The van der Waals surface area contributed by atoms with Crippen LogP contribution in [0, 0.1) is 19.7 Å². The number of ether oxygens (including phenoxy) is 4. The lowest BCUT2D eigenvalue weighted by atomic mass is 9.94. The van der Waals surface area contributed by atoms with E-state index < -0.39 is 0 Å². The number of carbonyl (C=O) groups excluding carboxylic acids is 1. The second-order valence-electron chi connectivity index (χ2n) is 9.39. The van der Waals surface area contributed by atoms with E-state index in [0.29, 0.717) is 30.9 Å². The smallest absolute Gasteiger partial charge is 0.306 e. The van der Waals surface area contributed by atoms with E-state index in [4.69, 9.17) is 18.9 Å². The molecule has 0 amide bonds. The minimum atomic E-state index is -0.386. The first-order valence-corrected chi connectivity index (χ1v) is 13.0. The first-order chi connectivity index (χ1) is 17.9. The molecule has 196 valence electrons. The van der Waals surface area contributed by atoms with Crippen molar-refractivity contribution in [1.82, 2.24) is 0 Å². The fourth-order valence-corrected chi connectivity index (χ4v) is 4.68. The second kappa shape index (κ2) is 12.7. The molecule has 1 aliphatic rings. The third-order valence-corrected chi connectivity index (χ3v) is 6.46. The Labute approximate surface area is 218 Å². The van der Waals surface area contributed by atoms with Crippen LogP contribution in [0.15, 0.2) is 54.6 Å². The second-order valence-corrected chi connectivity index (χ2v) is 9.39. The summed E-state index contributed by atoms with van der Waals surface area (Å²) in [4.78, 5) is 11.5. The molecule has 0 aromatic heterocycles. The summed E-state index contributed by atoms with van der Waals surface area (Å²) in [5.74, 6) is 0.565. The van der Waals surface area contributed by atoms with Gasteiger partial charge in [0.05, 0.1) is 13.2 Å². The molecule has 0 spiro atoms. The van der Waals surface area contributed by atoms with Gasteiger partial charge in [0.15, 0.2) is 6.29 Å². The number of hydrogen-bond donors (Lipinski definition) is 0. The van der Waals surface area contributed by atoms with Gasteiger partial charge >= 0.3 is 5.97 Å². The van der Waals surface area contributed by atoms with Crippen molar-refractivity contribution in [3.05, 3.63) is 82.7 Å². The Morgan fingerprint density at radius 2 is 1.84 bits per heavy atom. The minimum Gasteiger partial charge on any atom is -0.489 e. The van der Waals surface area contributed by atoms with Crippen molar-refractivity contribution in [3.8, 4) is 22.6 Å². The van der Waals surface area contributed by atoms with Crippen LogP contribution in [0.1, 0.15) is 54.9 Å². The molecule has 37 heavy (non-hydrogen) atoms. The first kappa shape index (κ1) is 26.7. The quantitative estimate of drug-likeness (QED) is 0.275. The van der Waals surface area contributed by atoms with Crippen molar-refractivity contribution in [2.75, 3.05) is 13.2 Å². The van der Waals surface area contributed by atoms with Crippen molar-refractivity contribution in [1.29, 1.82) is 0 Å². The molecule has 0 bridgehead atoms. The van der Waals surface area contributed by atoms with E-state index in [1.807, 2.05) is 12.1 Å². The Balaban J connectivity index is 1.40. The monoisotopic (exact) mass is 506 g/mol. The van der Waals surface area contributed by atoms with Crippen molar-refractivity contribution in [3.63, 3.8) is 0 Å². The molecule has 3 aromatic carbocycles. The van der Waals surface area contributed by atoms with Crippen LogP contribution in [0.4, 0.5) is 4.39 Å². The predicted molar refractivity (Wildman–Crippen MR) is 141 cm³/mol. The molecule has 4 rings (SSSR count). The summed E-state index contributed by atoms with van der Waals surface area (Å²) in [5, 5.41) is 0. The molecular weight excluding hydrogens is 471 g/mol. The van der Waals surface area contributed by atoms with Crippen molar-refractivity contribution < 1.29 is 28.1 Å². The van der Waals surface area contributed by atoms with Gasteiger partial charge in [0, 0.05) is 18.9 Å². The molecule has 5 nitrogen and oxygen atoms in total. The van der Waals surface area contributed by atoms with Crippen LogP contribution in [0.5, 0.6) is 11.5 Å². The average Bonchev–Trinajstić information content (AvgIpc) is 2.87. The van der Waals surface area contributed by atoms with Gasteiger partial charge in [-0.25, -0.2) is 4.39 Å². The van der Waals surface area contributed by atoms with Crippen LogP contribution < -0.4 is 9.47 Å². The molecule has 0 aliphatic carbocycles. The number of esters is 1. The molecule has 1 atom stereocenters. The standard InChI is InChI=1S/C31H35FO5/c1-4-34-29(33)14-12-24-11-13-26(19-28(24)32)36-20-23-8-7-9-25(18-23)31-21(2)16-27(17-22(31)3)37-30-10-5-6-15-35-30/h7-9,11,13,16-19,30H,4-6,10,12,14-15,20H2,1-3H3. The third-order valence-electron chi connectivity index (χ3n) is 6.46. The van der Waals surface area contributed by atoms with Gasteiger partial charge in [-0.3, -0.25) is 4.79 Å². The summed E-state index contributed by atoms with van der Waals surface area (Å²) in [7, 11) is 0. The highest BCUT2D eigenvalue weighted by atomic mass is 19.1. The maximum atomic E-state index is 14.5. The van der Waals surface area contributed by atoms with Gasteiger partial charge in [-0.05, 0) is 97.7 Å². The zero-order valence-electron chi connectivity index (χ0n) is 21.8. The Bertz CT molecular complexity index is 1190. The number of benzene rings is 3. The zero-order chi connectivity index (χ0) is 26.2. The summed E-state index contributed by atoms with van der Waals surface area (Å²) in [6, 6.07) is 17.1. The molecule has 1 aliphatic heterocycles. The molecule has 3 aromatic rings. The Morgan fingerprint density at radius 1 is 1.03 bits per heavy atom. The molecule has 1 heterocycles. The SMILES string of the molecule is CCOC(=O)CCc1ccc(OCc2cccc(-c3c(C)cc(OC4CCCCO4)cc3C)c2)cc1F. The normalized spacial score (nSPS) is 15.3. The van der Waals surface area contributed by atoms with Crippen LogP contribution in [0.3, 0.4) is 0 Å². The molecular formula is C31H35FO5. The topological polar surface area (TPSA) is 54.0 Å². The van der Waals surface area contributed by atoms with Gasteiger partial charge in [0.2, 0.25) is 0 Å². The predicted octanol–water partition coefficient (Wildman–Crippen LogP) is 7.09. The van der Waals surface area contributed by atoms with Gasteiger partial charge in [0.25, 0.3) is 0 Å². The van der Waals surface area contributed by atoms with Crippen molar-refractivity contribution >= 4 is 5.97 Å². The number of hydrogen-bond acceptors (Lipinski definition) is 5. The number of carbonyl (C=O) groups is 1. The maximum Gasteiger partial charge on any atom is 0.306 e. The molecule has 6 heteroatoms. The number of halogens is 1. The molecule has 1 unspecified atom stereocenters. The summed E-state index contributed by atoms with van der Waals surface area (Å²) < 4.78 is 37.1. The molecule has 0 radical (unpaired) electrons. The zero-order valence-corrected chi connectivity index (χ0v) is 21.8. The van der Waals surface area contributed by atoms with Gasteiger partial charge in [-0.15, -0.1) is 0 Å². The van der Waals surface area contributed by atoms with E-state index in [1.165, 1.54) is 6.07 Å². The van der Waals surface area contributed by atoms with Crippen LogP contribution in [0.25, 0.3) is 11.1 Å². The van der Waals surface area contributed by atoms with Gasteiger partial charge in [0.1, 0.15) is 23.9 Å². The maximum absolute atomic E-state index is 14.5. The third kappa shape index (κ3) is 7.32. The lowest BCUT2D eigenvalue weighted by Gasteiger charge is -2.24. The summed E-state index contributed by atoms with van der Waals surface area (Å²) >= 11 is 0. The highest BCUT2D eigenvalue weighted by molar-refractivity contribution is 5.72. The van der Waals surface area contributed by atoms with Crippen molar-refractivity contribution in [2.45, 2.75) is 65.8 Å². The van der Waals surface area contributed by atoms with E-state index in [0.717, 1.165) is 59.4 Å². The molecule has 1 saturated heterocycles. The fourth-order valence-electron chi connectivity index (χ4n) is 4.68. The minimum absolute atomic E-state index is 0.151. The Morgan fingerprint density at radius 3 is 2.54 bits per heavy atom. The summed E-state index contributed by atoms with van der Waals surface area (Å²) in [6.07, 6.45) is 3.41. The molecule has 0 saturated carbocycles. The van der Waals surface area contributed by atoms with E-state index in [-0.39, 0.29) is 24.5 Å². The largest absolute Gasteiger partial charge is 0.489 e. The van der Waals surface area contributed by atoms with E-state index in [1.54, 1.807) is 19.1 Å². The van der Waals surface area contributed by atoms with Gasteiger partial charge in [-0.1, -0.05) is 24.3 Å². The lowest BCUT2D eigenvalue weighted by Crippen LogP contribution is -2.25. The first-order valence-electron chi connectivity index (χ1n) is 13.0. The average molecular weight is 507 g/mol. The summed E-state index contributed by atoms with van der Waals surface area (Å²) in [5.41, 5.74) is 5.97.